The van der Waals surface area contributed by atoms with Gasteiger partial charge in [0.25, 0.3) is 0 Å². The van der Waals surface area contributed by atoms with E-state index in [-0.39, 0.29) is 34.3 Å². The van der Waals surface area contributed by atoms with Crippen LogP contribution in [0.25, 0.3) is 0 Å². The largest absolute Gasteiger partial charge is 0.393 e. The third-order valence-corrected chi connectivity index (χ3v) is 10.5. The second-order valence-corrected chi connectivity index (χ2v) is 12.4. The van der Waals surface area contributed by atoms with Gasteiger partial charge in [0.05, 0.1) is 6.10 Å². The molecule has 0 radical (unpaired) electrons. The summed E-state index contributed by atoms with van der Waals surface area (Å²) in [5.74, 6) is 1.21. The topological polar surface area (TPSA) is 52.6 Å². The average Bonchev–Trinajstić information content (AvgIpc) is 2.79. The van der Waals surface area contributed by atoms with Crippen LogP contribution < -0.4 is 5.32 Å². The molecule has 0 heterocycles. The number of carbonyl (C=O) groups is 1. The van der Waals surface area contributed by atoms with Crippen molar-refractivity contribution >= 4 is 6.41 Å². The molecule has 174 valence electrons. The van der Waals surface area contributed by atoms with E-state index in [2.05, 4.69) is 71.1 Å². The molecule has 8 atom stereocenters. The first-order chi connectivity index (χ1) is 14.5. The van der Waals surface area contributed by atoms with Gasteiger partial charge >= 0.3 is 0 Å². The third-order valence-electron chi connectivity index (χ3n) is 10.5. The number of amides is 1. The molecule has 31 heavy (non-hydrogen) atoms. The van der Waals surface area contributed by atoms with Gasteiger partial charge in [0.1, 0.15) is 0 Å². The van der Waals surface area contributed by atoms with Crippen molar-refractivity contribution in [2.45, 2.75) is 91.3 Å². The SMILES string of the molecule is C[C@H](NC=O)[C@H]1[C@H](O)C[C@@]2(C)[C@@H]3CC[C@@H]4C(=CC3=CC[C@]12C)CC[C@H](N(C)C)C4(C)C. The van der Waals surface area contributed by atoms with E-state index in [1.807, 2.05) is 0 Å². The minimum Gasteiger partial charge on any atom is -0.393 e. The third kappa shape index (κ3) is 3.27. The highest BCUT2D eigenvalue weighted by Crippen LogP contribution is 2.67. The molecule has 4 heteroatoms. The molecule has 0 aromatic rings. The lowest BCUT2D eigenvalue weighted by Crippen LogP contribution is -2.50. The van der Waals surface area contributed by atoms with E-state index in [1.165, 1.54) is 31.3 Å². The summed E-state index contributed by atoms with van der Waals surface area (Å²) in [6.07, 6.45) is 12.2. The number of aliphatic hydroxyl groups excluding tert-OH is 1. The number of rotatable bonds is 4. The minimum absolute atomic E-state index is 0.00822. The summed E-state index contributed by atoms with van der Waals surface area (Å²) in [6.45, 7) is 11.8. The predicted octanol–water partition coefficient (Wildman–Crippen LogP) is 4.55. The van der Waals surface area contributed by atoms with Crippen LogP contribution in [0.15, 0.2) is 23.3 Å². The molecule has 2 saturated carbocycles. The zero-order valence-corrected chi connectivity index (χ0v) is 20.7. The lowest BCUT2D eigenvalue weighted by Gasteiger charge is -2.53. The average molecular weight is 429 g/mol. The summed E-state index contributed by atoms with van der Waals surface area (Å²) >= 11 is 0. The van der Waals surface area contributed by atoms with Crippen LogP contribution in [-0.4, -0.2) is 48.7 Å². The highest BCUT2D eigenvalue weighted by atomic mass is 16.3. The van der Waals surface area contributed by atoms with Crippen LogP contribution in [0.1, 0.15) is 73.1 Å². The van der Waals surface area contributed by atoms with Crippen LogP contribution in [0.2, 0.25) is 0 Å². The van der Waals surface area contributed by atoms with Crippen LogP contribution in [0, 0.1) is 34.0 Å². The fraction of sp³-hybridized carbons (Fsp3) is 0.815. The van der Waals surface area contributed by atoms with Gasteiger partial charge in [-0.25, -0.2) is 0 Å². The summed E-state index contributed by atoms with van der Waals surface area (Å²) in [7, 11) is 4.47. The van der Waals surface area contributed by atoms with E-state index < -0.39 is 0 Å². The number of nitrogens with zero attached hydrogens (tertiary/aromatic N) is 1. The first-order valence-corrected chi connectivity index (χ1v) is 12.4. The zero-order chi connectivity index (χ0) is 22.8. The maximum absolute atomic E-state index is 11.2. The molecule has 0 spiro atoms. The second kappa shape index (κ2) is 7.73. The highest BCUT2D eigenvalue weighted by molar-refractivity contribution is 5.47. The smallest absolute Gasteiger partial charge is 0.207 e. The minimum atomic E-state index is -0.363. The Morgan fingerprint density at radius 3 is 2.45 bits per heavy atom. The molecule has 0 unspecified atom stereocenters. The van der Waals surface area contributed by atoms with Gasteiger partial charge in [0.2, 0.25) is 6.41 Å². The Labute approximate surface area is 189 Å². The van der Waals surface area contributed by atoms with Crippen molar-refractivity contribution in [2.75, 3.05) is 14.1 Å². The Kier molecular flexibility index (Phi) is 5.74. The number of carbonyl (C=O) groups excluding carboxylic acids is 1. The standard InChI is InChI=1S/C27H44N2O2/c1-17(28-16-30)24-22(31)15-27(5)21-10-9-20-18(14-19(21)12-13-26(24,27)4)8-11-23(29(6)7)25(20,2)3/h12,14,16-17,20-24,31H,8-11,13,15H2,1-7H3,(H,28,30)/t17-,20+,21+,22+,23-,24-,26+,27-/m0/s1. The first kappa shape index (κ1) is 23.0. The van der Waals surface area contributed by atoms with Gasteiger partial charge in [-0.2, -0.15) is 0 Å². The van der Waals surface area contributed by atoms with E-state index in [0.29, 0.717) is 17.9 Å². The summed E-state index contributed by atoms with van der Waals surface area (Å²) in [4.78, 5) is 13.6. The molecule has 0 bridgehead atoms. The Hall–Kier alpha value is -1.13. The summed E-state index contributed by atoms with van der Waals surface area (Å²) in [5, 5.41) is 14.2. The summed E-state index contributed by atoms with van der Waals surface area (Å²) in [6, 6.07) is 0.610. The monoisotopic (exact) mass is 428 g/mol. The predicted molar refractivity (Wildman–Crippen MR) is 126 cm³/mol. The van der Waals surface area contributed by atoms with Gasteiger partial charge in [-0.15, -0.1) is 0 Å². The Balaban J connectivity index is 1.69. The van der Waals surface area contributed by atoms with E-state index in [0.717, 1.165) is 19.3 Å². The van der Waals surface area contributed by atoms with Crippen LogP contribution in [0.4, 0.5) is 0 Å². The summed E-state index contributed by atoms with van der Waals surface area (Å²) < 4.78 is 0. The molecule has 2 fully saturated rings. The van der Waals surface area contributed by atoms with Gasteiger partial charge in [-0.1, -0.05) is 45.4 Å². The number of allylic oxidation sites excluding steroid dienone is 4. The van der Waals surface area contributed by atoms with Crippen molar-refractivity contribution in [2.24, 2.45) is 34.0 Å². The molecule has 0 saturated heterocycles. The van der Waals surface area contributed by atoms with E-state index in [9.17, 15) is 9.90 Å². The molecular weight excluding hydrogens is 384 g/mol. The van der Waals surface area contributed by atoms with Crippen LogP contribution in [-0.2, 0) is 4.79 Å². The van der Waals surface area contributed by atoms with Crippen molar-refractivity contribution in [3.8, 4) is 0 Å². The van der Waals surface area contributed by atoms with Gasteiger partial charge < -0.3 is 15.3 Å². The Morgan fingerprint density at radius 2 is 1.81 bits per heavy atom. The number of aliphatic hydroxyl groups is 1. The van der Waals surface area contributed by atoms with E-state index >= 15 is 0 Å². The maximum Gasteiger partial charge on any atom is 0.207 e. The van der Waals surface area contributed by atoms with Crippen LogP contribution in [0.3, 0.4) is 0 Å². The maximum atomic E-state index is 11.2. The van der Waals surface area contributed by atoms with Crippen LogP contribution >= 0.6 is 0 Å². The zero-order valence-electron chi connectivity index (χ0n) is 20.7. The lowest BCUT2D eigenvalue weighted by molar-refractivity contribution is -0.111. The molecule has 2 N–H and O–H groups in total. The van der Waals surface area contributed by atoms with Crippen molar-refractivity contribution in [3.63, 3.8) is 0 Å². The van der Waals surface area contributed by atoms with Crippen molar-refractivity contribution in [1.82, 2.24) is 10.2 Å². The fourth-order valence-corrected chi connectivity index (χ4v) is 8.85. The van der Waals surface area contributed by atoms with E-state index in [4.69, 9.17) is 0 Å². The molecule has 4 rings (SSSR count). The van der Waals surface area contributed by atoms with Crippen molar-refractivity contribution in [3.05, 3.63) is 23.3 Å². The molecule has 4 nitrogen and oxygen atoms in total. The molecule has 0 aliphatic heterocycles. The summed E-state index contributed by atoms with van der Waals surface area (Å²) in [5.41, 5.74) is 3.50. The van der Waals surface area contributed by atoms with Crippen molar-refractivity contribution < 1.29 is 9.90 Å². The van der Waals surface area contributed by atoms with Crippen LogP contribution in [0.5, 0.6) is 0 Å². The van der Waals surface area contributed by atoms with Crippen molar-refractivity contribution in [1.29, 1.82) is 0 Å². The lowest BCUT2D eigenvalue weighted by atomic mass is 9.51. The number of hydrogen-bond donors (Lipinski definition) is 2. The normalized spacial score (nSPS) is 44.9. The first-order valence-electron chi connectivity index (χ1n) is 12.4. The molecule has 0 aromatic carbocycles. The molecule has 0 aromatic heterocycles. The van der Waals surface area contributed by atoms with Gasteiger partial charge in [-0.3, -0.25) is 4.79 Å². The van der Waals surface area contributed by atoms with Gasteiger partial charge in [0.15, 0.2) is 0 Å². The number of nitrogens with one attached hydrogen (secondary N) is 1. The second-order valence-electron chi connectivity index (χ2n) is 12.4. The molecule has 4 aliphatic rings. The number of hydrogen-bond acceptors (Lipinski definition) is 3. The quantitative estimate of drug-likeness (QED) is 0.646. The Bertz CT molecular complexity index is 784. The highest BCUT2D eigenvalue weighted by Gasteiger charge is 2.64. The molecule has 4 aliphatic carbocycles. The molecule has 1 amide bonds. The molecular formula is C27H44N2O2. The number of fused-ring (bicyclic) bond motifs is 4. The van der Waals surface area contributed by atoms with Gasteiger partial charge in [-0.05, 0) is 93.2 Å². The Morgan fingerprint density at radius 1 is 1.13 bits per heavy atom. The fourth-order valence-electron chi connectivity index (χ4n) is 8.85. The van der Waals surface area contributed by atoms with Gasteiger partial charge in [0, 0.05) is 18.0 Å². The van der Waals surface area contributed by atoms with E-state index in [1.54, 1.807) is 5.57 Å².